The SMILES string of the molecule is COc1ccc(NCCS(N)(=O)=O)cc1Br. The Kier molecular flexibility index (Phi) is 4.57. The largest absolute Gasteiger partial charge is 0.496 e. The zero-order valence-electron chi connectivity index (χ0n) is 8.73. The fourth-order valence-corrected chi connectivity index (χ4v) is 2.04. The van der Waals surface area contributed by atoms with Crippen molar-refractivity contribution in [2.45, 2.75) is 0 Å². The first-order chi connectivity index (χ1) is 7.42. The first-order valence-corrected chi connectivity index (χ1v) is 7.01. The number of ether oxygens (including phenoxy) is 1. The van der Waals surface area contributed by atoms with Gasteiger partial charge in [-0.2, -0.15) is 0 Å². The third-order valence-electron chi connectivity index (χ3n) is 1.87. The second-order valence-electron chi connectivity index (χ2n) is 3.14. The number of sulfonamides is 1. The topological polar surface area (TPSA) is 81.4 Å². The van der Waals surface area contributed by atoms with Crippen LogP contribution < -0.4 is 15.2 Å². The molecule has 1 rings (SSSR count). The molecule has 0 saturated carbocycles. The summed E-state index contributed by atoms with van der Waals surface area (Å²) >= 11 is 3.33. The fraction of sp³-hybridized carbons (Fsp3) is 0.333. The van der Waals surface area contributed by atoms with Crippen molar-refractivity contribution in [1.82, 2.24) is 0 Å². The predicted octanol–water partition coefficient (Wildman–Crippen LogP) is 1.16. The van der Waals surface area contributed by atoms with Gasteiger partial charge in [-0.05, 0) is 34.1 Å². The smallest absolute Gasteiger partial charge is 0.210 e. The van der Waals surface area contributed by atoms with Crippen molar-refractivity contribution in [3.05, 3.63) is 22.7 Å². The molecule has 0 aliphatic carbocycles. The molecule has 0 amide bonds. The van der Waals surface area contributed by atoms with E-state index >= 15 is 0 Å². The summed E-state index contributed by atoms with van der Waals surface area (Å²) in [5, 5.41) is 7.83. The van der Waals surface area contributed by atoms with Crippen molar-refractivity contribution < 1.29 is 13.2 Å². The van der Waals surface area contributed by atoms with E-state index in [0.29, 0.717) is 0 Å². The van der Waals surface area contributed by atoms with Gasteiger partial charge in [-0.15, -0.1) is 0 Å². The molecule has 7 heteroatoms. The van der Waals surface area contributed by atoms with Gasteiger partial charge in [-0.3, -0.25) is 0 Å². The minimum absolute atomic E-state index is 0.101. The molecule has 0 spiro atoms. The summed E-state index contributed by atoms with van der Waals surface area (Å²) in [4.78, 5) is 0. The molecule has 90 valence electrons. The lowest BCUT2D eigenvalue weighted by Gasteiger charge is -2.08. The van der Waals surface area contributed by atoms with Gasteiger partial charge in [0.15, 0.2) is 0 Å². The normalized spacial score (nSPS) is 11.2. The number of methoxy groups -OCH3 is 1. The molecule has 0 atom stereocenters. The molecule has 0 bridgehead atoms. The van der Waals surface area contributed by atoms with Crippen LogP contribution in [0.1, 0.15) is 0 Å². The summed E-state index contributed by atoms with van der Waals surface area (Å²) in [6.45, 7) is 0.275. The molecule has 3 N–H and O–H groups in total. The van der Waals surface area contributed by atoms with Gasteiger partial charge in [-0.25, -0.2) is 13.6 Å². The van der Waals surface area contributed by atoms with Crippen LogP contribution in [-0.2, 0) is 10.0 Å². The van der Waals surface area contributed by atoms with Gasteiger partial charge in [0, 0.05) is 12.2 Å². The Balaban J connectivity index is 2.59. The molecule has 0 aromatic heterocycles. The highest BCUT2D eigenvalue weighted by Crippen LogP contribution is 2.27. The van der Waals surface area contributed by atoms with Crippen LogP contribution in [0.5, 0.6) is 5.75 Å². The van der Waals surface area contributed by atoms with Crippen LogP contribution in [0.25, 0.3) is 0 Å². The number of rotatable bonds is 5. The van der Waals surface area contributed by atoms with Gasteiger partial charge in [-0.1, -0.05) is 0 Å². The molecule has 0 heterocycles. The van der Waals surface area contributed by atoms with E-state index in [9.17, 15) is 8.42 Å². The third kappa shape index (κ3) is 4.38. The molecule has 16 heavy (non-hydrogen) atoms. The molecule has 0 unspecified atom stereocenters. The molecule has 0 aliphatic rings. The molecule has 0 aliphatic heterocycles. The van der Waals surface area contributed by atoms with Crippen LogP contribution in [0.15, 0.2) is 22.7 Å². The highest BCUT2D eigenvalue weighted by atomic mass is 79.9. The third-order valence-corrected chi connectivity index (χ3v) is 3.26. The summed E-state index contributed by atoms with van der Waals surface area (Å²) in [5.74, 6) is 0.619. The zero-order chi connectivity index (χ0) is 12.2. The van der Waals surface area contributed by atoms with Gasteiger partial charge in [0.25, 0.3) is 0 Å². The molecule has 0 saturated heterocycles. The van der Waals surface area contributed by atoms with E-state index in [-0.39, 0.29) is 12.3 Å². The van der Waals surface area contributed by atoms with Crippen molar-refractivity contribution >= 4 is 31.6 Å². The summed E-state index contributed by atoms with van der Waals surface area (Å²) in [5.41, 5.74) is 0.802. The van der Waals surface area contributed by atoms with Crippen LogP contribution in [-0.4, -0.2) is 27.8 Å². The minimum Gasteiger partial charge on any atom is -0.496 e. The van der Waals surface area contributed by atoms with Gasteiger partial charge < -0.3 is 10.1 Å². The molecule has 5 nitrogen and oxygen atoms in total. The van der Waals surface area contributed by atoms with Crippen molar-refractivity contribution in [3.63, 3.8) is 0 Å². The highest BCUT2D eigenvalue weighted by Gasteiger charge is 2.03. The maximum absolute atomic E-state index is 10.7. The van der Waals surface area contributed by atoms with Gasteiger partial charge >= 0.3 is 0 Å². The Morgan fingerprint density at radius 2 is 2.19 bits per heavy atom. The van der Waals surface area contributed by atoms with Gasteiger partial charge in [0.05, 0.1) is 17.3 Å². The lowest BCUT2D eigenvalue weighted by molar-refractivity contribution is 0.412. The Bertz CT molecular complexity index is 462. The zero-order valence-corrected chi connectivity index (χ0v) is 11.1. The first kappa shape index (κ1) is 13.3. The quantitative estimate of drug-likeness (QED) is 0.855. The Hall–Kier alpha value is -0.790. The minimum atomic E-state index is -3.42. The second kappa shape index (κ2) is 5.51. The van der Waals surface area contributed by atoms with Crippen LogP contribution in [0, 0.1) is 0 Å². The standard InChI is InChI=1S/C9H13BrN2O3S/c1-15-9-3-2-7(6-8(9)10)12-4-5-16(11,13)14/h2-3,6,12H,4-5H2,1H3,(H2,11,13,14). The van der Waals surface area contributed by atoms with Crippen molar-refractivity contribution in [3.8, 4) is 5.75 Å². The van der Waals surface area contributed by atoms with Crippen molar-refractivity contribution in [2.24, 2.45) is 5.14 Å². The predicted molar refractivity (Wildman–Crippen MR) is 67.2 cm³/mol. The van der Waals surface area contributed by atoms with E-state index in [1.807, 2.05) is 6.07 Å². The van der Waals surface area contributed by atoms with Gasteiger partial charge in [0.1, 0.15) is 5.75 Å². The second-order valence-corrected chi connectivity index (χ2v) is 5.73. The molecule has 1 aromatic carbocycles. The lowest BCUT2D eigenvalue weighted by Crippen LogP contribution is -2.22. The maximum Gasteiger partial charge on any atom is 0.210 e. The molecular formula is C9H13BrN2O3S. The Labute approximate surface area is 103 Å². The number of benzene rings is 1. The van der Waals surface area contributed by atoms with E-state index in [2.05, 4.69) is 21.2 Å². The van der Waals surface area contributed by atoms with E-state index < -0.39 is 10.0 Å². The number of nitrogens with two attached hydrogens (primary N) is 1. The molecular weight excluding hydrogens is 296 g/mol. The summed E-state index contributed by atoms with van der Waals surface area (Å²) in [6.07, 6.45) is 0. The van der Waals surface area contributed by atoms with Crippen LogP contribution >= 0.6 is 15.9 Å². The number of halogens is 1. The van der Waals surface area contributed by atoms with E-state index in [1.165, 1.54) is 0 Å². The highest BCUT2D eigenvalue weighted by molar-refractivity contribution is 9.10. The van der Waals surface area contributed by atoms with Crippen LogP contribution in [0.3, 0.4) is 0 Å². The number of hydrogen-bond donors (Lipinski definition) is 2. The molecule has 0 fully saturated rings. The molecule has 0 radical (unpaired) electrons. The number of primary sulfonamides is 1. The Morgan fingerprint density at radius 1 is 1.50 bits per heavy atom. The summed E-state index contributed by atoms with van der Waals surface area (Å²) in [6, 6.07) is 5.39. The summed E-state index contributed by atoms with van der Waals surface area (Å²) in [7, 11) is -1.84. The number of nitrogens with one attached hydrogen (secondary N) is 1. The average Bonchev–Trinajstić information content (AvgIpc) is 2.16. The number of hydrogen-bond acceptors (Lipinski definition) is 4. The van der Waals surface area contributed by atoms with Crippen LogP contribution in [0.4, 0.5) is 5.69 Å². The van der Waals surface area contributed by atoms with E-state index in [0.717, 1.165) is 15.9 Å². The lowest BCUT2D eigenvalue weighted by atomic mass is 10.3. The summed E-state index contributed by atoms with van der Waals surface area (Å²) < 4.78 is 27.3. The van der Waals surface area contributed by atoms with Crippen LogP contribution in [0.2, 0.25) is 0 Å². The Morgan fingerprint density at radius 3 is 2.69 bits per heavy atom. The van der Waals surface area contributed by atoms with E-state index in [4.69, 9.17) is 9.88 Å². The molecule has 1 aromatic rings. The number of anilines is 1. The van der Waals surface area contributed by atoms with Gasteiger partial charge in [0.2, 0.25) is 10.0 Å². The monoisotopic (exact) mass is 308 g/mol. The first-order valence-electron chi connectivity index (χ1n) is 4.50. The maximum atomic E-state index is 10.7. The van der Waals surface area contributed by atoms with Crippen molar-refractivity contribution in [2.75, 3.05) is 24.7 Å². The average molecular weight is 309 g/mol. The fourth-order valence-electron chi connectivity index (χ4n) is 1.11. The van der Waals surface area contributed by atoms with E-state index in [1.54, 1.807) is 19.2 Å². The van der Waals surface area contributed by atoms with Crippen molar-refractivity contribution in [1.29, 1.82) is 0 Å².